The quantitative estimate of drug-likeness (QED) is 0.628. The number of nitro benzene ring substituents is 1. The van der Waals surface area contributed by atoms with Gasteiger partial charge in [-0.25, -0.2) is 0 Å². The van der Waals surface area contributed by atoms with Crippen LogP contribution in [-0.2, 0) is 0 Å². The third-order valence-electron chi connectivity index (χ3n) is 2.86. The Kier molecular flexibility index (Phi) is 3.23. The molecule has 2 rings (SSSR count). The minimum absolute atomic E-state index is 0.242. The van der Waals surface area contributed by atoms with Crippen LogP contribution in [0.25, 0.3) is 0 Å². The highest BCUT2D eigenvalue weighted by Gasteiger charge is 2.26. The lowest BCUT2D eigenvalue weighted by Gasteiger charge is -2.33. The fourth-order valence-corrected chi connectivity index (χ4v) is 2.09. The van der Waals surface area contributed by atoms with Gasteiger partial charge < -0.3 is 10.2 Å². The van der Waals surface area contributed by atoms with Crippen LogP contribution in [0.2, 0.25) is 0 Å². The predicted octanol–water partition coefficient (Wildman–Crippen LogP) is 1.53. The molecule has 0 amide bonds. The number of para-hydroxylation sites is 1. The number of nitrogens with one attached hydrogen (secondary N) is 1. The number of benzene rings is 1. The molecule has 1 aromatic rings. The molecule has 1 aromatic carbocycles. The molecule has 0 radical (unpaired) electrons. The van der Waals surface area contributed by atoms with Crippen molar-refractivity contribution in [2.75, 3.05) is 24.5 Å². The first-order valence-electron chi connectivity index (χ1n) is 5.51. The molecular formula is C11H14FN3O2. The maximum Gasteiger partial charge on any atom is 0.327 e. The van der Waals surface area contributed by atoms with Crippen molar-refractivity contribution in [1.29, 1.82) is 0 Å². The predicted molar refractivity (Wildman–Crippen MR) is 62.7 cm³/mol. The molecule has 6 heteroatoms. The fraction of sp³-hybridized carbons (Fsp3) is 0.455. The van der Waals surface area contributed by atoms with Gasteiger partial charge in [0.1, 0.15) is 5.69 Å². The SMILES string of the molecule is C[C@@H]1CN(c2cccc(F)c2[N+](=O)[O-])CCN1. The van der Waals surface area contributed by atoms with Crippen LogP contribution in [0, 0.1) is 15.9 Å². The largest absolute Gasteiger partial charge is 0.363 e. The normalized spacial score (nSPS) is 20.4. The first kappa shape index (κ1) is 11.8. The Balaban J connectivity index is 2.37. The van der Waals surface area contributed by atoms with Gasteiger partial charge in [-0.15, -0.1) is 0 Å². The zero-order valence-corrected chi connectivity index (χ0v) is 9.52. The Bertz CT molecular complexity index is 439. The van der Waals surface area contributed by atoms with E-state index in [2.05, 4.69) is 5.32 Å². The molecule has 5 nitrogen and oxygen atoms in total. The number of piperazine rings is 1. The van der Waals surface area contributed by atoms with Crippen LogP contribution >= 0.6 is 0 Å². The minimum Gasteiger partial charge on any atom is -0.363 e. The van der Waals surface area contributed by atoms with Crippen molar-refractivity contribution in [1.82, 2.24) is 5.32 Å². The lowest BCUT2D eigenvalue weighted by molar-refractivity contribution is -0.386. The van der Waals surface area contributed by atoms with Crippen molar-refractivity contribution in [3.8, 4) is 0 Å². The van der Waals surface area contributed by atoms with Gasteiger partial charge in [-0.1, -0.05) is 6.07 Å². The number of nitrogens with zero attached hydrogens (tertiary/aromatic N) is 2. The fourth-order valence-electron chi connectivity index (χ4n) is 2.09. The molecule has 0 aliphatic carbocycles. The van der Waals surface area contributed by atoms with Crippen LogP contribution in [0.15, 0.2) is 18.2 Å². The van der Waals surface area contributed by atoms with E-state index in [1.807, 2.05) is 11.8 Å². The number of halogens is 1. The van der Waals surface area contributed by atoms with Crippen LogP contribution in [0.3, 0.4) is 0 Å². The second-order valence-electron chi connectivity index (χ2n) is 4.17. The van der Waals surface area contributed by atoms with E-state index < -0.39 is 16.4 Å². The minimum atomic E-state index is -0.779. The molecular weight excluding hydrogens is 225 g/mol. The Morgan fingerprint density at radius 1 is 1.59 bits per heavy atom. The molecule has 1 aliphatic rings. The Hall–Kier alpha value is -1.69. The molecule has 1 N–H and O–H groups in total. The molecule has 0 bridgehead atoms. The summed E-state index contributed by atoms with van der Waals surface area (Å²) in [5.41, 5.74) is -0.0649. The monoisotopic (exact) mass is 239 g/mol. The van der Waals surface area contributed by atoms with Crippen molar-refractivity contribution in [3.05, 3.63) is 34.1 Å². The number of nitro groups is 1. The van der Waals surface area contributed by atoms with Crippen molar-refractivity contribution in [2.45, 2.75) is 13.0 Å². The average Bonchev–Trinajstić information content (AvgIpc) is 2.28. The van der Waals surface area contributed by atoms with Gasteiger partial charge in [-0.05, 0) is 19.1 Å². The number of hydrogen-bond acceptors (Lipinski definition) is 4. The molecule has 1 saturated heterocycles. The molecule has 1 heterocycles. The van der Waals surface area contributed by atoms with E-state index in [1.165, 1.54) is 6.07 Å². The van der Waals surface area contributed by atoms with Gasteiger partial charge in [-0.3, -0.25) is 10.1 Å². The maximum atomic E-state index is 13.5. The topological polar surface area (TPSA) is 58.4 Å². The van der Waals surface area contributed by atoms with E-state index in [0.29, 0.717) is 18.8 Å². The zero-order valence-electron chi connectivity index (χ0n) is 9.52. The summed E-state index contributed by atoms with van der Waals surface area (Å²) >= 11 is 0. The smallest absolute Gasteiger partial charge is 0.327 e. The van der Waals surface area contributed by atoms with Gasteiger partial charge in [0.15, 0.2) is 0 Å². The third-order valence-corrected chi connectivity index (χ3v) is 2.86. The highest BCUT2D eigenvalue weighted by Crippen LogP contribution is 2.31. The number of rotatable bonds is 2. The number of hydrogen-bond donors (Lipinski definition) is 1. The lowest BCUT2D eigenvalue weighted by atomic mass is 10.1. The second kappa shape index (κ2) is 4.67. The second-order valence-corrected chi connectivity index (χ2v) is 4.17. The summed E-state index contributed by atoms with van der Waals surface area (Å²) in [4.78, 5) is 12.1. The highest BCUT2D eigenvalue weighted by molar-refractivity contribution is 5.64. The van der Waals surface area contributed by atoms with Crippen molar-refractivity contribution >= 4 is 11.4 Å². The van der Waals surface area contributed by atoms with E-state index in [4.69, 9.17) is 0 Å². The first-order valence-corrected chi connectivity index (χ1v) is 5.51. The number of anilines is 1. The van der Waals surface area contributed by atoms with Gasteiger partial charge in [0, 0.05) is 25.7 Å². The molecule has 0 spiro atoms. The maximum absolute atomic E-state index is 13.5. The molecule has 1 fully saturated rings. The van der Waals surface area contributed by atoms with Crippen molar-refractivity contribution < 1.29 is 9.31 Å². The van der Waals surface area contributed by atoms with E-state index in [0.717, 1.165) is 12.6 Å². The standard InChI is InChI=1S/C11H14FN3O2/c1-8-7-14(6-5-13-8)10-4-2-3-9(12)11(10)15(16)17/h2-4,8,13H,5-7H2,1H3/t8-/m1/s1. The van der Waals surface area contributed by atoms with E-state index in [9.17, 15) is 14.5 Å². The van der Waals surface area contributed by atoms with Crippen LogP contribution in [0.1, 0.15) is 6.92 Å². The zero-order chi connectivity index (χ0) is 12.4. The molecule has 17 heavy (non-hydrogen) atoms. The molecule has 0 unspecified atom stereocenters. The highest BCUT2D eigenvalue weighted by atomic mass is 19.1. The van der Waals surface area contributed by atoms with Crippen LogP contribution in [-0.4, -0.2) is 30.6 Å². The summed E-state index contributed by atoms with van der Waals surface area (Å²) in [6, 6.07) is 4.46. The molecule has 0 saturated carbocycles. The summed E-state index contributed by atoms with van der Waals surface area (Å²) in [6.07, 6.45) is 0. The van der Waals surface area contributed by atoms with Gasteiger partial charge in [0.05, 0.1) is 4.92 Å². The molecule has 1 aliphatic heterocycles. The summed E-state index contributed by atoms with van der Waals surface area (Å²) in [5.74, 6) is -0.779. The van der Waals surface area contributed by atoms with Gasteiger partial charge in [0.2, 0.25) is 5.82 Å². The van der Waals surface area contributed by atoms with E-state index >= 15 is 0 Å². The lowest BCUT2D eigenvalue weighted by Crippen LogP contribution is -2.49. The van der Waals surface area contributed by atoms with Gasteiger partial charge in [-0.2, -0.15) is 4.39 Å². The average molecular weight is 239 g/mol. The summed E-state index contributed by atoms with van der Waals surface area (Å²) in [5, 5.41) is 14.1. The molecule has 1 atom stereocenters. The Morgan fingerprint density at radius 3 is 3.00 bits per heavy atom. The summed E-state index contributed by atoms with van der Waals surface area (Å²) < 4.78 is 13.5. The van der Waals surface area contributed by atoms with Gasteiger partial charge in [0.25, 0.3) is 0 Å². The first-order chi connectivity index (χ1) is 8.09. The van der Waals surface area contributed by atoms with Crippen molar-refractivity contribution in [3.63, 3.8) is 0 Å². The summed E-state index contributed by atoms with van der Waals surface area (Å²) in [6.45, 7) is 4.03. The van der Waals surface area contributed by atoms with Crippen LogP contribution < -0.4 is 10.2 Å². The van der Waals surface area contributed by atoms with Gasteiger partial charge >= 0.3 is 5.69 Å². The molecule has 0 aromatic heterocycles. The van der Waals surface area contributed by atoms with Crippen LogP contribution in [0.5, 0.6) is 0 Å². The third kappa shape index (κ3) is 2.36. The summed E-state index contributed by atoms with van der Waals surface area (Å²) in [7, 11) is 0. The Labute approximate surface area is 98.4 Å². The van der Waals surface area contributed by atoms with E-state index in [-0.39, 0.29) is 6.04 Å². The van der Waals surface area contributed by atoms with Crippen molar-refractivity contribution in [2.24, 2.45) is 0 Å². The molecule has 92 valence electrons. The van der Waals surface area contributed by atoms with Crippen LogP contribution in [0.4, 0.5) is 15.8 Å². The Morgan fingerprint density at radius 2 is 2.35 bits per heavy atom. The van der Waals surface area contributed by atoms with E-state index in [1.54, 1.807) is 6.07 Å².